The van der Waals surface area contributed by atoms with Crippen LogP contribution in [-0.4, -0.2) is 30.1 Å². The number of carbonyl (C=O) groups is 1. The minimum absolute atomic E-state index is 0.0257. The fraction of sp³-hybridized carbons (Fsp3) is 0.263. The van der Waals surface area contributed by atoms with E-state index < -0.39 is 0 Å². The van der Waals surface area contributed by atoms with Gasteiger partial charge in [0, 0.05) is 12.5 Å². The lowest BCUT2D eigenvalue weighted by molar-refractivity contribution is -0.121. The van der Waals surface area contributed by atoms with Crippen molar-refractivity contribution in [1.82, 2.24) is 15.3 Å². The van der Waals surface area contributed by atoms with E-state index >= 15 is 0 Å². The van der Waals surface area contributed by atoms with E-state index in [1.807, 2.05) is 42.5 Å². The van der Waals surface area contributed by atoms with Crippen molar-refractivity contribution < 1.29 is 14.3 Å². The summed E-state index contributed by atoms with van der Waals surface area (Å²) in [7, 11) is 3.22. The first-order valence-electron chi connectivity index (χ1n) is 8.10. The van der Waals surface area contributed by atoms with Crippen molar-refractivity contribution in [1.29, 1.82) is 0 Å². The second-order valence-electron chi connectivity index (χ2n) is 5.70. The zero-order valence-corrected chi connectivity index (χ0v) is 14.3. The Balaban J connectivity index is 1.54. The van der Waals surface area contributed by atoms with Gasteiger partial charge in [-0.25, -0.2) is 4.98 Å². The first-order chi connectivity index (χ1) is 12.2. The van der Waals surface area contributed by atoms with Crippen molar-refractivity contribution in [3.05, 3.63) is 53.9 Å². The Labute approximate surface area is 146 Å². The Kier molecular flexibility index (Phi) is 5.18. The quantitative estimate of drug-likeness (QED) is 0.694. The summed E-state index contributed by atoms with van der Waals surface area (Å²) in [5.41, 5.74) is 2.86. The molecule has 6 heteroatoms. The Morgan fingerprint density at radius 1 is 1.12 bits per heavy atom. The van der Waals surface area contributed by atoms with E-state index in [-0.39, 0.29) is 5.91 Å². The molecule has 25 heavy (non-hydrogen) atoms. The number of benzene rings is 2. The third-order valence-electron chi connectivity index (χ3n) is 3.94. The van der Waals surface area contributed by atoms with Crippen molar-refractivity contribution in [2.24, 2.45) is 0 Å². The summed E-state index contributed by atoms with van der Waals surface area (Å²) >= 11 is 0. The number of amides is 1. The maximum atomic E-state index is 12.1. The highest BCUT2D eigenvalue weighted by molar-refractivity contribution is 5.77. The molecule has 3 aromatic rings. The smallest absolute Gasteiger partial charge is 0.220 e. The number of fused-ring (bicyclic) bond motifs is 1. The highest BCUT2D eigenvalue weighted by Gasteiger charge is 2.07. The number of carbonyl (C=O) groups excluding carboxylic acids is 1. The number of nitrogens with zero attached hydrogens (tertiary/aromatic N) is 1. The molecule has 0 spiro atoms. The van der Waals surface area contributed by atoms with Gasteiger partial charge in [0.25, 0.3) is 0 Å². The van der Waals surface area contributed by atoms with Gasteiger partial charge in [0.2, 0.25) is 5.91 Å². The molecule has 6 nitrogen and oxygen atoms in total. The van der Waals surface area contributed by atoms with Crippen LogP contribution in [0.4, 0.5) is 0 Å². The van der Waals surface area contributed by atoms with Crippen molar-refractivity contribution in [3.8, 4) is 11.5 Å². The number of nitrogens with one attached hydrogen (secondary N) is 2. The summed E-state index contributed by atoms with van der Waals surface area (Å²) in [4.78, 5) is 19.7. The van der Waals surface area contributed by atoms with Gasteiger partial charge in [-0.05, 0) is 36.2 Å². The molecular weight excluding hydrogens is 318 g/mol. The molecule has 130 valence electrons. The number of aromatic nitrogens is 2. The van der Waals surface area contributed by atoms with Crippen LogP contribution in [0, 0.1) is 0 Å². The number of rotatable bonds is 7. The third-order valence-corrected chi connectivity index (χ3v) is 3.94. The Morgan fingerprint density at radius 3 is 2.52 bits per heavy atom. The van der Waals surface area contributed by atoms with Crippen molar-refractivity contribution >= 4 is 16.9 Å². The lowest BCUT2D eigenvalue weighted by Crippen LogP contribution is -2.23. The number of hydrogen-bond donors (Lipinski definition) is 2. The third kappa shape index (κ3) is 4.29. The number of aryl methyl sites for hydroxylation is 1. The van der Waals surface area contributed by atoms with Crippen LogP contribution in [0.2, 0.25) is 0 Å². The standard InChI is InChI=1S/C19H21N3O3/c1-24-14-9-13(10-15(11-14)25-2)7-8-19(23)20-12-18-21-16-5-3-4-6-17(16)22-18/h3-6,9-11H,7-8,12H2,1-2H3,(H,20,23)(H,21,22). The largest absolute Gasteiger partial charge is 0.497 e. The zero-order chi connectivity index (χ0) is 17.6. The van der Waals surface area contributed by atoms with Crippen LogP contribution in [0.25, 0.3) is 11.0 Å². The molecule has 0 atom stereocenters. The molecule has 2 N–H and O–H groups in total. The van der Waals surface area contributed by atoms with Gasteiger partial charge in [-0.15, -0.1) is 0 Å². The molecule has 0 saturated carbocycles. The summed E-state index contributed by atoms with van der Waals surface area (Å²) in [5.74, 6) is 2.16. The maximum absolute atomic E-state index is 12.1. The van der Waals surface area contributed by atoms with Gasteiger partial charge in [0.1, 0.15) is 17.3 Å². The molecule has 2 aromatic carbocycles. The predicted molar refractivity (Wildman–Crippen MR) is 95.8 cm³/mol. The molecule has 0 radical (unpaired) electrons. The molecule has 0 saturated heterocycles. The van der Waals surface area contributed by atoms with E-state index in [1.165, 1.54) is 0 Å². The van der Waals surface area contributed by atoms with Crippen LogP contribution in [-0.2, 0) is 17.8 Å². The molecule has 0 unspecified atom stereocenters. The molecule has 0 fully saturated rings. The first kappa shape index (κ1) is 16.8. The Hall–Kier alpha value is -3.02. The summed E-state index contributed by atoms with van der Waals surface area (Å²) in [6.45, 7) is 0.384. The van der Waals surface area contributed by atoms with Crippen molar-refractivity contribution in [2.45, 2.75) is 19.4 Å². The predicted octanol–water partition coefficient (Wildman–Crippen LogP) is 2.83. The fourth-order valence-electron chi connectivity index (χ4n) is 2.63. The molecule has 3 rings (SSSR count). The lowest BCUT2D eigenvalue weighted by Gasteiger charge is -2.08. The van der Waals surface area contributed by atoms with E-state index in [9.17, 15) is 4.79 Å². The molecule has 0 aliphatic carbocycles. The van der Waals surface area contributed by atoms with Crippen LogP contribution in [0.5, 0.6) is 11.5 Å². The molecule has 1 aromatic heterocycles. The highest BCUT2D eigenvalue weighted by atomic mass is 16.5. The summed E-state index contributed by atoms with van der Waals surface area (Å²) in [5, 5.41) is 2.89. The average molecular weight is 339 g/mol. The summed E-state index contributed by atoms with van der Waals surface area (Å²) in [6.07, 6.45) is 0.996. The Bertz CT molecular complexity index is 818. The van der Waals surface area contributed by atoms with Crippen LogP contribution < -0.4 is 14.8 Å². The fourth-order valence-corrected chi connectivity index (χ4v) is 2.63. The zero-order valence-electron chi connectivity index (χ0n) is 14.3. The second-order valence-corrected chi connectivity index (χ2v) is 5.70. The summed E-state index contributed by atoms with van der Waals surface area (Å²) in [6, 6.07) is 13.4. The molecule has 1 amide bonds. The van der Waals surface area contributed by atoms with Gasteiger partial charge in [-0.1, -0.05) is 12.1 Å². The number of methoxy groups -OCH3 is 2. The maximum Gasteiger partial charge on any atom is 0.220 e. The number of ether oxygens (including phenoxy) is 2. The number of imidazole rings is 1. The van der Waals surface area contributed by atoms with E-state index in [1.54, 1.807) is 14.2 Å². The highest BCUT2D eigenvalue weighted by Crippen LogP contribution is 2.23. The SMILES string of the molecule is COc1cc(CCC(=O)NCc2nc3ccccc3[nH]2)cc(OC)c1. The van der Waals surface area contributed by atoms with Gasteiger partial charge >= 0.3 is 0 Å². The Morgan fingerprint density at radius 2 is 1.84 bits per heavy atom. The van der Waals surface area contributed by atoms with Crippen LogP contribution in [0.3, 0.4) is 0 Å². The minimum atomic E-state index is -0.0257. The minimum Gasteiger partial charge on any atom is -0.497 e. The second kappa shape index (κ2) is 7.70. The van der Waals surface area contributed by atoms with Gasteiger partial charge < -0.3 is 19.8 Å². The van der Waals surface area contributed by atoms with E-state index in [4.69, 9.17) is 9.47 Å². The number of para-hydroxylation sites is 2. The number of H-pyrrole nitrogens is 1. The van der Waals surface area contributed by atoms with E-state index in [0.717, 1.165) is 33.9 Å². The molecule has 0 bridgehead atoms. The first-order valence-corrected chi connectivity index (χ1v) is 8.10. The van der Waals surface area contributed by atoms with Crippen molar-refractivity contribution in [3.63, 3.8) is 0 Å². The van der Waals surface area contributed by atoms with Crippen LogP contribution >= 0.6 is 0 Å². The van der Waals surface area contributed by atoms with Crippen molar-refractivity contribution in [2.75, 3.05) is 14.2 Å². The van der Waals surface area contributed by atoms with Gasteiger partial charge in [0.15, 0.2) is 0 Å². The van der Waals surface area contributed by atoms with Crippen LogP contribution in [0.1, 0.15) is 17.8 Å². The lowest BCUT2D eigenvalue weighted by atomic mass is 10.1. The van der Waals surface area contributed by atoms with Crippen LogP contribution in [0.15, 0.2) is 42.5 Å². The molecule has 1 heterocycles. The summed E-state index contributed by atoms with van der Waals surface area (Å²) < 4.78 is 10.5. The van der Waals surface area contributed by atoms with Gasteiger partial charge in [-0.3, -0.25) is 4.79 Å². The average Bonchev–Trinajstić information content (AvgIpc) is 3.07. The molecular formula is C19H21N3O3. The monoisotopic (exact) mass is 339 g/mol. The van der Waals surface area contributed by atoms with E-state index in [2.05, 4.69) is 15.3 Å². The normalized spacial score (nSPS) is 10.6. The molecule has 0 aliphatic rings. The van der Waals surface area contributed by atoms with Gasteiger partial charge in [-0.2, -0.15) is 0 Å². The number of aromatic amines is 1. The molecule has 0 aliphatic heterocycles. The number of hydrogen-bond acceptors (Lipinski definition) is 4. The van der Waals surface area contributed by atoms with Gasteiger partial charge in [0.05, 0.1) is 31.8 Å². The topological polar surface area (TPSA) is 76.2 Å². The van der Waals surface area contributed by atoms with E-state index in [0.29, 0.717) is 19.4 Å².